The topological polar surface area (TPSA) is 66.2 Å². The van der Waals surface area contributed by atoms with Crippen LogP contribution in [0.5, 0.6) is 0 Å². The molecule has 1 aliphatic heterocycles. The van der Waals surface area contributed by atoms with Gasteiger partial charge >= 0.3 is 0 Å². The Morgan fingerprint density at radius 2 is 1.30 bits per heavy atom. The molecule has 0 saturated carbocycles. The van der Waals surface area contributed by atoms with Gasteiger partial charge < -0.3 is 5.32 Å². The molecule has 0 aromatic carbocycles. The first kappa shape index (κ1) is 23.8. The molecular formula is C22H42N4O. The van der Waals surface area contributed by atoms with Crippen LogP contribution in [0.15, 0.2) is 15.4 Å². The van der Waals surface area contributed by atoms with Crippen molar-refractivity contribution in [3.05, 3.63) is 0 Å². The van der Waals surface area contributed by atoms with Crippen molar-refractivity contribution in [2.45, 2.75) is 129 Å². The van der Waals surface area contributed by atoms with Crippen LogP contribution >= 0.6 is 0 Å². The van der Waals surface area contributed by atoms with Gasteiger partial charge in [0.1, 0.15) is 5.54 Å². The van der Waals surface area contributed by atoms with Gasteiger partial charge in [-0.05, 0) is 24.5 Å². The van der Waals surface area contributed by atoms with Crippen molar-refractivity contribution >= 4 is 11.7 Å². The minimum atomic E-state index is -0.390. The average molecular weight is 379 g/mol. The molecular weight excluding hydrogens is 336 g/mol. The first-order valence-corrected chi connectivity index (χ1v) is 11.5. The molecule has 0 atom stereocenters. The van der Waals surface area contributed by atoms with E-state index >= 15 is 0 Å². The third-order valence-electron chi connectivity index (χ3n) is 5.44. The van der Waals surface area contributed by atoms with Crippen LogP contribution in [0, 0.1) is 0 Å². The summed E-state index contributed by atoms with van der Waals surface area (Å²) in [5.41, 5.74) is -0.390. The second-order valence-electron chi connectivity index (χ2n) is 8.00. The molecule has 5 nitrogen and oxygen atoms in total. The van der Waals surface area contributed by atoms with E-state index in [4.69, 9.17) is 0 Å². The van der Waals surface area contributed by atoms with Gasteiger partial charge in [-0.3, -0.25) is 4.79 Å². The Kier molecular flexibility index (Phi) is 13.0. The largest absolute Gasteiger partial charge is 0.311 e. The number of amidine groups is 1. The normalized spacial score (nSPS) is 15.1. The number of rotatable bonds is 16. The molecule has 0 unspecified atom stereocenters. The molecule has 1 amide bonds. The zero-order chi connectivity index (χ0) is 19.8. The van der Waals surface area contributed by atoms with Crippen LogP contribution in [0.3, 0.4) is 0 Å². The standard InChI is InChI=1S/C22H42N4O/c1-4-7-9-11-13-15-18-22(19-16-14-12-10-8-5-2)21(24-26-25-22)23-20(27)17-6-3/h4-19H2,1-3H3,(H,23,24,25,27). The number of nitrogens with zero attached hydrogens (tertiary/aromatic N) is 3. The predicted octanol–water partition coefficient (Wildman–Crippen LogP) is 6.92. The van der Waals surface area contributed by atoms with Crippen molar-refractivity contribution in [1.29, 1.82) is 0 Å². The number of unbranched alkanes of at least 4 members (excludes halogenated alkanes) is 10. The molecule has 0 aliphatic carbocycles. The summed E-state index contributed by atoms with van der Waals surface area (Å²) >= 11 is 0. The van der Waals surface area contributed by atoms with E-state index in [-0.39, 0.29) is 11.4 Å². The Bertz CT molecular complexity index is 443. The van der Waals surface area contributed by atoms with E-state index < -0.39 is 0 Å². The van der Waals surface area contributed by atoms with Gasteiger partial charge in [0, 0.05) is 6.42 Å². The van der Waals surface area contributed by atoms with E-state index in [0.717, 1.165) is 32.1 Å². The first-order valence-electron chi connectivity index (χ1n) is 11.5. The molecule has 1 rings (SSSR count). The number of carbonyl (C=O) groups excluding carboxylic acids is 1. The number of amides is 1. The first-order chi connectivity index (χ1) is 13.2. The highest BCUT2D eigenvalue weighted by molar-refractivity contribution is 6.03. The van der Waals surface area contributed by atoms with Gasteiger partial charge in [-0.1, -0.05) is 97.8 Å². The van der Waals surface area contributed by atoms with E-state index in [1.807, 2.05) is 6.92 Å². The molecule has 5 heteroatoms. The van der Waals surface area contributed by atoms with E-state index in [1.54, 1.807) is 0 Å². The van der Waals surface area contributed by atoms with Gasteiger partial charge in [0.2, 0.25) is 5.91 Å². The molecule has 0 saturated heterocycles. The monoisotopic (exact) mass is 378 g/mol. The lowest BCUT2D eigenvalue weighted by Gasteiger charge is -2.26. The summed E-state index contributed by atoms with van der Waals surface area (Å²) in [5.74, 6) is 0.738. The lowest BCUT2D eigenvalue weighted by Crippen LogP contribution is -2.46. The molecule has 0 bridgehead atoms. The minimum absolute atomic E-state index is 0.0406. The Balaban J connectivity index is 2.55. The van der Waals surface area contributed by atoms with Gasteiger partial charge in [0.25, 0.3) is 0 Å². The number of nitrogens with one attached hydrogen (secondary N) is 1. The highest BCUT2D eigenvalue weighted by Gasteiger charge is 2.39. The zero-order valence-corrected chi connectivity index (χ0v) is 18.1. The lowest BCUT2D eigenvalue weighted by atomic mass is 9.85. The Hall–Kier alpha value is -1.26. The number of hydrogen-bond donors (Lipinski definition) is 1. The van der Waals surface area contributed by atoms with Gasteiger partial charge in [0.15, 0.2) is 5.84 Å². The second-order valence-corrected chi connectivity index (χ2v) is 8.00. The van der Waals surface area contributed by atoms with Gasteiger partial charge in [-0.15, -0.1) is 5.10 Å². The Labute approximate surface area is 166 Å². The summed E-state index contributed by atoms with van der Waals surface area (Å²) in [4.78, 5) is 12.1. The molecule has 0 aromatic rings. The molecule has 156 valence electrons. The second kappa shape index (κ2) is 14.8. The van der Waals surface area contributed by atoms with E-state index in [0.29, 0.717) is 12.3 Å². The van der Waals surface area contributed by atoms with Crippen LogP contribution in [0.2, 0.25) is 0 Å². The smallest absolute Gasteiger partial charge is 0.225 e. The zero-order valence-electron chi connectivity index (χ0n) is 18.1. The fourth-order valence-corrected chi connectivity index (χ4v) is 3.71. The summed E-state index contributed by atoms with van der Waals surface area (Å²) in [7, 11) is 0. The predicted molar refractivity (Wildman–Crippen MR) is 114 cm³/mol. The van der Waals surface area contributed by atoms with Crippen molar-refractivity contribution in [3.8, 4) is 0 Å². The fourth-order valence-electron chi connectivity index (χ4n) is 3.71. The molecule has 27 heavy (non-hydrogen) atoms. The molecule has 0 spiro atoms. The Morgan fingerprint density at radius 3 is 1.81 bits per heavy atom. The highest BCUT2D eigenvalue weighted by Crippen LogP contribution is 2.32. The summed E-state index contributed by atoms with van der Waals surface area (Å²) in [5, 5.41) is 15.8. The van der Waals surface area contributed by atoms with Crippen molar-refractivity contribution in [3.63, 3.8) is 0 Å². The van der Waals surface area contributed by atoms with E-state index in [2.05, 4.69) is 34.6 Å². The molecule has 0 aromatic heterocycles. The third-order valence-corrected chi connectivity index (χ3v) is 5.44. The van der Waals surface area contributed by atoms with Crippen LogP contribution in [0.4, 0.5) is 0 Å². The molecule has 1 heterocycles. The van der Waals surface area contributed by atoms with Crippen LogP contribution in [-0.2, 0) is 4.79 Å². The average Bonchev–Trinajstić information content (AvgIpc) is 3.03. The van der Waals surface area contributed by atoms with Crippen LogP contribution in [-0.4, -0.2) is 17.3 Å². The quantitative estimate of drug-likeness (QED) is 0.291. The molecule has 0 radical (unpaired) electrons. The summed E-state index contributed by atoms with van der Waals surface area (Å²) < 4.78 is 0. The van der Waals surface area contributed by atoms with E-state index in [9.17, 15) is 4.79 Å². The van der Waals surface area contributed by atoms with Crippen LogP contribution < -0.4 is 5.32 Å². The van der Waals surface area contributed by atoms with E-state index in [1.165, 1.54) is 64.2 Å². The maximum atomic E-state index is 12.1. The van der Waals surface area contributed by atoms with Gasteiger partial charge in [0.05, 0.1) is 0 Å². The Morgan fingerprint density at radius 1 is 0.778 bits per heavy atom. The molecule has 0 fully saturated rings. The van der Waals surface area contributed by atoms with Crippen molar-refractivity contribution in [2.75, 3.05) is 0 Å². The summed E-state index contributed by atoms with van der Waals surface area (Å²) in [6.07, 6.45) is 18.4. The van der Waals surface area contributed by atoms with Gasteiger partial charge in [-0.2, -0.15) is 5.11 Å². The summed E-state index contributed by atoms with van der Waals surface area (Å²) in [6.45, 7) is 6.51. The fraction of sp³-hybridized carbons (Fsp3) is 0.909. The SMILES string of the molecule is CCCCCCCCC1(CCCCCCCC)N=NN=C1NC(=O)CCC. The van der Waals surface area contributed by atoms with Crippen LogP contribution in [0.1, 0.15) is 124 Å². The molecule has 1 N–H and O–H groups in total. The van der Waals surface area contributed by atoms with Crippen LogP contribution in [0.25, 0.3) is 0 Å². The molecule has 1 aliphatic rings. The van der Waals surface area contributed by atoms with Crippen molar-refractivity contribution in [2.24, 2.45) is 15.4 Å². The van der Waals surface area contributed by atoms with Gasteiger partial charge in [-0.25, -0.2) is 0 Å². The lowest BCUT2D eigenvalue weighted by molar-refractivity contribution is -0.119. The minimum Gasteiger partial charge on any atom is -0.311 e. The summed E-state index contributed by atoms with van der Waals surface area (Å²) in [6, 6.07) is 0. The third kappa shape index (κ3) is 9.48. The number of carbonyl (C=O) groups is 1. The number of hydrogen-bond acceptors (Lipinski definition) is 4. The van der Waals surface area contributed by atoms with Crippen molar-refractivity contribution in [1.82, 2.24) is 5.32 Å². The van der Waals surface area contributed by atoms with Crippen molar-refractivity contribution < 1.29 is 4.79 Å². The maximum Gasteiger partial charge on any atom is 0.225 e. The highest BCUT2D eigenvalue weighted by atomic mass is 16.1. The maximum absolute atomic E-state index is 12.1.